The quantitative estimate of drug-likeness (QED) is 0.205. The number of nitrogens with zero attached hydrogens (tertiary/aromatic N) is 2. The van der Waals surface area contributed by atoms with Gasteiger partial charge in [-0.1, -0.05) is 29.5 Å². The Labute approximate surface area is 207 Å². The van der Waals surface area contributed by atoms with Crippen LogP contribution in [0.1, 0.15) is 40.5 Å². The van der Waals surface area contributed by atoms with Gasteiger partial charge in [0.15, 0.2) is 16.8 Å². The maximum atomic E-state index is 13.8. The van der Waals surface area contributed by atoms with Crippen LogP contribution in [0.2, 0.25) is 0 Å². The molecule has 2 aliphatic rings. The van der Waals surface area contributed by atoms with Crippen LogP contribution in [-0.2, 0) is 22.4 Å². The number of thiophene rings is 1. The highest BCUT2D eigenvalue weighted by Crippen LogP contribution is 2.45. The summed E-state index contributed by atoms with van der Waals surface area (Å²) in [5, 5.41) is 13.3. The van der Waals surface area contributed by atoms with Gasteiger partial charge in [-0.25, -0.2) is 13.8 Å². The molecular formula is C26H18F2N2O3S2. The zero-order valence-corrected chi connectivity index (χ0v) is 19.9. The molecule has 4 aromatic rings. The summed E-state index contributed by atoms with van der Waals surface area (Å²) in [5.74, 6) is -3.97. The Balaban J connectivity index is 1.52. The first-order valence-electron chi connectivity index (χ1n) is 11.1. The summed E-state index contributed by atoms with van der Waals surface area (Å²) in [5.41, 5.74) is 3.02. The number of thiazole rings is 1. The highest BCUT2D eigenvalue weighted by Gasteiger charge is 2.48. The van der Waals surface area contributed by atoms with E-state index in [1.165, 1.54) is 21.8 Å². The molecule has 2 aromatic heterocycles. The van der Waals surface area contributed by atoms with Crippen molar-refractivity contribution in [1.82, 2.24) is 4.98 Å². The number of aliphatic hydroxyl groups is 1. The van der Waals surface area contributed by atoms with Crippen molar-refractivity contribution in [3.8, 4) is 0 Å². The molecule has 1 aliphatic heterocycles. The lowest BCUT2D eigenvalue weighted by Crippen LogP contribution is -2.28. The van der Waals surface area contributed by atoms with Gasteiger partial charge in [0.2, 0.25) is 0 Å². The number of carbonyl (C=O) groups is 2. The molecule has 2 aromatic carbocycles. The number of aryl methyl sites for hydroxylation is 2. The number of hydrogen-bond acceptors (Lipinski definition) is 6. The molecule has 0 spiro atoms. The third kappa shape index (κ3) is 3.57. The van der Waals surface area contributed by atoms with Crippen LogP contribution in [0, 0.1) is 11.6 Å². The average molecular weight is 509 g/mol. The molecule has 176 valence electrons. The topological polar surface area (TPSA) is 70.5 Å². The number of rotatable bonds is 3. The van der Waals surface area contributed by atoms with Crippen molar-refractivity contribution in [2.75, 3.05) is 4.90 Å². The zero-order chi connectivity index (χ0) is 24.3. The minimum Gasteiger partial charge on any atom is -0.507 e. The highest BCUT2D eigenvalue weighted by atomic mass is 32.1. The molecule has 6 rings (SSSR count). The Bertz CT molecular complexity index is 1500. The van der Waals surface area contributed by atoms with Crippen molar-refractivity contribution >= 4 is 55.5 Å². The van der Waals surface area contributed by atoms with Crippen molar-refractivity contribution < 1.29 is 23.5 Å². The summed E-state index contributed by atoms with van der Waals surface area (Å²) >= 11 is 2.33. The minimum absolute atomic E-state index is 0.0233. The summed E-state index contributed by atoms with van der Waals surface area (Å²) in [7, 11) is 0. The van der Waals surface area contributed by atoms with Crippen molar-refractivity contribution in [3.63, 3.8) is 0 Å². The predicted octanol–water partition coefficient (Wildman–Crippen LogP) is 6.14. The SMILES string of the molecule is O=C1C(=O)N(c2nc3cc(F)c(F)cc3s2)C(c2cccs2)/C1=C(\O)c1ccc2c(c1)CCCC2. The van der Waals surface area contributed by atoms with Gasteiger partial charge in [0, 0.05) is 16.5 Å². The Morgan fingerprint density at radius 1 is 1.03 bits per heavy atom. The molecule has 1 fully saturated rings. The van der Waals surface area contributed by atoms with E-state index in [1.54, 1.807) is 18.2 Å². The van der Waals surface area contributed by atoms with Crippen molar-refractivity contribution in [3.05, 3.63) is 86.6 Å². The smallest absolute Gasteiger partial charge is 0.301 e. The second-order valence-electron chi connectivity index (χ2n) is 8.61. The number of anilines is 1. The molecule has 3 heterocycles. The Kier molecular flexibility index (Phi) is 5.26. The number of hydrogen-bond donors (Lipinski definition) is 1. The number of fused-ring (bicyclic) bond motifs is 2. The van der Waals surface area contributed by atoms with Gasteiger partial charge in [-0.15, -0.1) is 11.3 Å². The van der Waals surface area contributed by atoms with Crippen LogP contribution in [0.3, 0.4) is 0 Å². The lowest BCUT2D eigenvalue weighted by molar-refractivity contribution is -0.132. The Morgan fingerprint density at radius 3 is 2.57 bits per heavy atom. The van der Waals surface area contributed by atoms with E-state index in [0.29, 0.717) is 15.1 Å². The largest absolute Gasteiger partial charge is 0.507 e. The fourth-order valence-electron chi connectivity index (χ4n) is 4.80. The fraction of sp³-hybridized carbons (Fsp3) is 0.192. The third-order valence-corrected chi connectivity index (χ3v) is 8.45. The van der Waals surface area contributed by atoms with Gasteiger partial charge in [-0.05, 0) is 60.4 Å². The van der Waals surface area contributed by atoms with Crippen molar-refractivity contribution in [2.24, 2.45) is 0 Å². The van der Waals surface area contributed by atoms with E-state index in [9.17, 15) is 23.5 Å². The number of aliphatic hydroxyl groups excluding tert-OH is 1. The standard InChI is InChI=1S/C26H18F2N2O3S2/c27-16-11-18-20(12-17(16)28)35-26(29-18)30-22(19-6-3-9-34-19)21(24(32)25(30)33)23(31)15-8-7-13-4-1-2-5-14(13)10-15/h3,6-12,22,31H,1-2,4-5H2/b23-21+. The van der Waals surface area contributed by atoms with E-state index < -0.39 is 29.4 Å². The Hall–Kier alpha value is -3.43. The number of benzene rings is 2. The lowest BCUT2D eigenvalue weighted by Gasteiger charge is -2.22. The van der Waals surface area contributed by atoms with Crippen LogP contribution in [0.15, 0.2) is 53.4 Å². The first-order valence-corrected chi connectivity index (χ1v) is 12.8. The lowest BCUT2D eigenvalue weighted by atomic mass is 9.89. The van der Waals surface area contributed by atoms with E-state index >= 15 is 0 Å². The summed E-state index contributed by atoms with van der Waals surface area (Å²) in [6.07, 6.45) is 4.07. The first kappa shape index (κ1) is 22.1. The van der Waals surface area contributed by atoms with E-state index in [2.05, 4.69) is 4.98 Å². The van der Waals surface area contributed by atoms with Crippen LogP contribution >= 0.6 is 22.7 Å². The van der Waals surface area contributed by atoms with Crippen LogP contribution in [0.4, 0.5) is 13.9 Å². The molecule has 1 amide bonds. The molecule has 0 saturated carbocycles. The van der Waals surface area contributed by atoms with Gasteiger partial charge >= 0.3 is 5.91 Å². The van der Waals surface area contributed by atoms with Crippen molar-refractivity contribution in [2.45, 2.75) is 31.7 Å². The predicted molar refractivity (Wildman–Crippen MR) is 132 cm³/mol. The number of carbonyl (C=O) groups excluding carboxylic acids is 2. The number of ketones is 1. The van der Waals surface area contributed by atoms with Gasteiger partial charge in [-0.2, -0.15) is 0 Å². The summed E-state index contributed by atoms with van der Waals surface area (Å²) in [4.78, 5) is 32.7. The molecule has 1 saturated heterocycles. The average Bonchev–Trinajstić information content (AvgIpc) is 3.58. The third-order valence-electron chi connectivity index (χ3n) is 6.50. The molecule has 0 bridgehead atoms. The molecule has 9 heteroatoms. The first-order chi connectivity index (χ1) is 16.9. The van der Waals surface area contributed by atoms with Crippen molar-refractivity contribution in [1.29, 1.82) is 0 Å². The van der Waals surface area contributed by atoms with Crippen LogP contribution in [0.5, 0.6) is 0 Å². The maximum Gasteiger partial charge on any atom is 0.301 e. The van der Waals surface area contributed by atoms with Gasteiger partial charge in [0.25, 0.3) is 5.78 Å². The van der Waals surface area contributed by atoms with E-state index in [1.807, 2.05) is 17.5 Å². The normalized spacial score (nSPS) is 19.5. The molecular weight excluding hydrogens is 490 g/mol. The van der Waals surface area contributed by atoms with E-state index in [4.69, 9.17) is 0 Å². The number of halogens is 2. The zero-order valence-electron chi connectivity index (χ0n) is 18.3. The van der Waals surface area contributed by atoms with E-state index in [-0.39, 0.29) is 22.0 Å². The number of Topliss-reactive ketones (excluding diaryl/α,β-unsaturated/α-hetero) is 1. The second kappa shape index (κ2) is 8.35. The fourth-order valence-corrected chi connectivity index (χ4v) is 6.62. The Morgan fingerprint density at radius 2 is 1.80 bits per heavy atom. The molecule has 1 aliphatic carbocycles. The molecule has 35 heavy (non-hydrogen) atoms. The number of amides is 1. The van der Waals surface area contributed by atoms with Gasteiger partial charge < -0.3 is 5.11 Å². The summed E-state index contributed by atoms with van der Waals surface area (Å²) < 4.78 is 27.9. The van der Waals surface area contributed by atoms with Gasteiger partial charge in [0.05, 0.1) is 15.8 Å². The monoisotopic (exact) mass is 508 g/mol. The molecule has 1 atom stereocenters. The molecule has 5 nitrogen and oxygen atoms in total. The van der Waals surface area contributed by atoms with Crippen LogP contribution in [0.25, 0.3) is 16.0 Å². The van der Waals surface area contributed by atoms with Gasteiger partial charge in [0.1, 0.15) is 11.8 Å². The molecule has 1 N–H and O–H groups in total. The maximum absolute atomic E-state index is 13.8. The minimum atomic E-state index is -1.04. The van der Waals surface area contributed by atoms with Crippen LogP contribution < -0.4 is 4.90 Å². The highest BCUT2D eigenvalue weighted by molar-refractivity contribution is 7.22. The second-order valence-corrected chi connectivity index (χ2v) is 10.6. The van der Waals surface area contributed by atoms with E-state index in [0.717, 1.165) is 54.7 Å². The van der Waals surface area contributed by atoms with Gasteiger partial charge in [-0.3, -0.25) is 14.5 Å². The molecule has 1 unspecified atom stereocenters. The molecule has 0 radical (unpaired) electrons. The van der Waals surface area contributed by atoms with Crippen LogP contribution in [-0.4, -0.2) is 21.8 Å². The number of aromatic nitrogens is 1. The summed E-state index contributed by atoms with van der Waals surface area (Å²) in [6, 6.07) is 10.3. The summed E-state index contributed by atoms with van der Waals surface area (Å²) in [6.45, 7) is 0.